The summed E-state index contributed by atoms with van der Waals surface area (Å²) in [6.07, 6.45) is 0. The summed E-state index contributed by atoms with van der Waals surface area (Å²) in [5.41, 5.74) is 1.11. The first kappa shape index (κ1) is 7.92. The largest absolute Gasteiger partial charge is 0.496 e. The summed E-state index contributed by atoms with van der Waals surface area (Å²) in [4.78, 5) is 0. The Bertz CT molecular complexity index is 221. The molecule has 0 saturated heterocycles. The fraction of sp³-hybridized carbons (Fsp3) is 0.333. The second-order valence-electron chi connectivity index (χ2n) is 2.29. The molecule has 0 spiro atoms. The van der Waals surface area contributed by atoms with Crippen LogP contribution in [0.15, 0.2) is 12.1 Å². The number of hydrogen-bond acceptors (Lipinski definition) is 2. The van der Waals surface area contributed by atoms with Crippen LogP contribution in [0.2, 0.25) is 0 Å². The third-order valence-electron chi connectivity index (χ3n) is 1.40. The average molecular weight is 151 g/mol. The quantitative estimate of drug-likeness (QED) is 0.641. The SMILES string of the molecule is COc1[c]c(OC)cc(C)c1. The Morgan fingerprint density at radius 2 is 1.55 bits per heavy atom. The van der Waals surface area contributed by atoms with E-state index in [-0.39, 0.29) is 0 Å². The van der Waals surface area contributed by atoms with Crippen molar-refractivity contribution in [2.45, 2.75) is 6.92 Å². The molecule has 0 N–H and O–H groups in total. The van der Waals surface area contributed by atoms with Gasteiger partial charge in [0.15, 0.2) is 0 Å². The summed E-state index contributed by atoms with van der Waals surface area (Å²) < 4.78 is 10.0. The van der Waals surface area contributed by atoms with Gasteiger partial charge in [-0.05, 0) is 24.6 Å². The Morgan fingerprint density at radius 1 is 1.09 bits per heavy atom. The predicted octanol–water partition coefficient (Wildman–Crippen LogP) is 1.81. The minimum absolute atomic E-state index is 0.710. The predicted molar refractivity (Wildman–Crippen MR) is 43.1 cm³/mol. The molecule has 0 aliphatic rings. The maximum absolute atomic E-state index is 5.00. The summed E-state index contributed by atoms with van der Waals surface area (Å²) in [6.45, 7) is 1.98. The summed E-state index contributed by atoms with van der Waals surface area (Å²) in [7, 11) is 3.23. The average Bonchev–Trinajstić information content (AvgIpc) is 2.03. The van der Waals surface area contributed by atoms with E-state index < -0.39 is 0 Å². The molecule has 0 unspecified atom stereocenters. The first-order valence-electron chi connectivity index (χ1n) is 3.38. The first-order valence-corrected chi connectivity index (χ1v) is 3.38. The van der Waals surface area contributed by atoms with Crippen molar-refractivity contribution >= 4 is 0 Å². The smallest absolute Gasteiger partial charge is 0.130 e. The highest BCUT2D eigenvalue weighted by molar-refractivity contribution is 5.36. The minimum atomic E-state index is 0.710. The van der Waals surface area contributed by atoms with E-state index in [1.54, 1.807) is 14.2 Å². The molecule has 0 aliphatic heterocycles. The van der Waals surface area contributed by atoms with Gasteiger partial charge in [0.1, 0.15) is 11.5 Å². The van der Waals surface area contributed by atoms with Gasteiger partial charge in [-0.25, -0.2) is 0 Å². The molecule has 0 atom stereocenters. The fourth-order valence-corrected chi connectivity index (χ4v) is 0.869. The van der Waals surface area contributed by atoms with Crippen molar-refractivity contribution in [3.8, 4) is 11.5 Å². The van der Waals surface area contributed by atoms with E-state index >= 15 is 0 Å². The van der Waals surface area contributed by atoms with Crippen molar-refractivity contribution in [2.24, 2.45) is 0 Å². The third kappa shape index (κ3) is 1.87. The zero-order valence-corrected chi connectivity index (χ0v) is 6.97. The Hall–Kier alpha value is -1.18. The van der Waals surface area contributed by atoms with E-state index in [2.05, 4.69) is 6.07 Å². The van der Waals surface area contributed by atoms with Gasteiger partial charge >= 0.3 is 0 Å². The summed E-state index contributed by atoms with van der Waals surface area (Å²) in [5, 5.41) is 0. The topological polar surface area (TPSA) is 18.5 Å². The Morgan fingerprint density at radius 3 is 1.91 bits per heavy atom. The molecular weight excluding hydrogens is 140 g/mol. The molecule has 59 valence electrons. The zero-order valence-electron chi connectivity index (χ0n) is 6.97. The molecule has 0 heterocycles. The molecule has 1 rings (SSSR count). The Balaban J connectivity index is 3.02. The lowest BCUT2D eigenvalue weighted by Crippen LogP contribution is -1.88. The molecular formula is C9H11O2. The number of benzene rings is 1. The molecule has 0 aliphatic carbocycles. The third-order valence-corrected chi connectivity index (χ3v) is 1.40. The Labute approximate surface area is 66.8 Å². The van der Waals surface area contributed by atoms with E-state index in [0.717, 1.165) is 5.56 Å². The number of methoxy groups -OCH3 is 2. The van der Waals surface area contributed by atoms with Crippen molar-refractivity contribution in [3.63, 3.8) is 0 Å². The molecule has 1 aromatic carbocycles. The van der Waals surface area contributed by atoms with E-state index in [1.165, 1.54) is 0 Å². The second kappa shape index (κ2) is 3.28. The van der Waals surface area contributed by atoms with Gasteiger partial charge in [-0.2, -0.15) is 0 Å². The highest BCUT2D eigenvalue weighted by Gasteiger charge is 1.97. The number of aryl methyl sites for hydroxylation is 1. The van der Waals surface area contributed by atoms with E-state index in [4.69, 9.17) is 9.47 Å². The van der Waals surface area contributed by atoms with Gasteiger partial charge in [0.2, 0.25) is 0 Å². The van der Waals surface area contributed by atoms with Crippen molar-refractivity contribution in [1.29, 1.82) is 0 Å². The van der Waals surface area contributed by atoms with Crippen LogP contribution in [0.1, 0.15) is 5.56 Å². The lowest BCUT2D eigenvalue weighted by atomic mass is 10.2. The van der Waals surface area contributed by atoms with Crippen LogP contribution >= 0.6 is 0 Å². The Kier molecular flexibility index (Phi) is 2.36. The van der Waals surface area contributed by atoms with Gasteiger partial charge in [0, 0.05) is 0 Å². The van der Waals surface area contributed by atoms with Crippen LogP contribution in [0.5, 0.6) is 11.5 Å². The van der Waals surface area contributed by atoms with Crippen LogP contribution in [0.4, 0.5) is 0 Å². The number of hydrogen-bond donors (Lipinski definition) is 0. The molecule has 0 saturated carbocycles. The maximum atomic E-state index is 5.00. The van der Waals surface area contributed by atoms with Crippen molar-refractivity contribution < 1.29 is 9.47 Å². The number of ether oxygens (including phenoxy) is 2. The van der Waals surface area contributed by atoms with E-state index in [0.29, 0.717) is 11.5 Å². The first-order chi connectivity index (χ1) is 5.26. The van der Waals surface area contributed by atoms with Crippen LogP contribution in [0.25, 0.3) is 0 Å². The minimum Gasteiger partial charge on any atom is -0.496 e. The zero-order chi connectivity index (χ0) is 8.27. The van der Waals surface area contributed by atoms with Gasteiger partial charge in [-0.15, -0.1) is 0 Å². The van der Waals surface area contributed by atoms with E-state index in [1.807, 2.05) is 19.1 Å². The summed E-state index contributed by atoms with van der Waals surface area (Å²) in [5.74, 6) is 1.42. The molecule has 0 fully saturated rings. The summed E-state index contributed by atoms with van der Waals surface area (Å²) in [6, 6.07) is 6.75. The molecule has 0 aromatic heterocycles. The molecule has 1 radical (unpaired) electrons. The van der Waals surface area contributed by atoms with Gasteiger partial charge in [-0.3, -0.25) is 0 Å². The van der Waals surface area contributed by atoms with Gasteiger partial charge in [0.25, 0.3) is 0 Å². The molecule has 0 bridgehead atoms. The lowest BCUT2D eigenvalue weighted by molar-refractivity contribution is 0.392. The van der Waals surface area contributed by atoms with Crippen molar-refractivity contribution in [1.82, 2.24) is 0 Å². The lowest BCUT2D eigenvalue weighted by Gasteiger charge is -2.03. The standard InChI is InChI=1S/C9H11O2/c1-7-4-8(10-2)6-9(5-7)11-3/h4-5H,1-3H3. The fourth-order valence-electron chi connectivity index (χ4n) is 0.869. The maximum Gasteiger partial charge on any atom is 0.130 e. The highest BCUT2D eigenvalue weighted by Crippen LogP contribution is 2.20. The van der Waals surface area contributed by atoms with Crippen LogP contribution in [0.3, 0.4) is 0 Å². The van der Waals surface area contributed by atoms with Crippen molar-refractivity contribution in [2.75, 3.05) is 14.2 Å². The normalized spacial score (nSPS) is 9.36. The summed E-state index contributed by atoms with van der Waals surface area (Å²) >= 11 is 0. The van der Waals surface area contributed by atoms with Crippen molar-refractivity contribution in [3.05, 3.63) is 23.8 Å². The van der Waals surface area contributed by atoms with Crippen LogP contribution in [-0.4, -0.2) is 14.2 Å². The van der Waals surface area contributed by atoms with Gasteiger partial charge in [0.05, 0.1) is 20.3 Å². The number of rotatable bonds is 2. The molecule has 11 heavy (non-hydrogen) atoms. The van der Waals surface area contributed by atoms with Crippen LogP contribution in [0, 0.1) is 13.0 Å². The van der Waals surface area contributed by atoms with Crippen LogP contribution < -0.4 is 9.47 Å². The van der Waals surface area contributed by atoms with Gasteiger partial charge in [-0.1, -0.05) is 0 Å². The van der Waals surface area contributed by atoms with Crippen LogP contribution in [-0.2, 0) is 0 Å². The van der Waals surface area contributed by atoms with Gasteiger partial charge < -0.3 is 9.47 Å². The molecule has 0 amide bonds. The highest BCUT2D eigenvalue weighted by atomic mass is 16.5. The van der Waals surface area contributed by atoms with E-state index in [9.17, 15) is 0 Å². The molecule has 2 nitrogen and oxygen atoms in total. The second-order valence-corrected chi connectivity index (χ2v) is 2.29. The monoisotopic (exact) mass is 151 g/mol. The molecule has 1 aromatic rings. The molecule has 2 heteroatoms.